The Morgan fingerprint density at radius 1 is 1.22 bits per heavy atom. The molecule has 0 saturated carbocycles. The average Bonchev–Trinajstić information content (AvgIpc) is 2.56. The molecule has 1 amide bonds. The van der Waals surface area contributed by atoms with Crippen molar-refractivity contribution >= 4 is 12.1 Å². The van der Waals surface area contributed by atoms with Crippen LogP contribution in [0.15, 0.2) is 47.6 Å². The van der Waals surface area contributed by atoms with Crippen molar-refractivity contribution in [2.75, 3.05) is 6.61 Å². The van der Waals surface area contributed by atoms with Crippen LogP contribution in [0.2, 0.25) is 0 Å². The van der Waals surface area contributed by atoms with E-state index in [0.717, 1.165) is 18.3 Å². The molecular formula is C16H12F2N2O3. The first kappa shape index (κ1) is 15.0. The van der Waals surface area contributed by atoms with Gasteiger partial charge in [-0.1, -0.05) is 12.1 Å². The Labute approximate surface area is 130 Å². The lowest BCUT2D eigenvalue weighted by Gasteiger charge is -2.24. The lowest BCUT2D eigenvalue weighted by molar-refractivity contribution is -0.130. The summed E-state index contributed by atoms with van der Waals surface area (Å²) in [6, 6.07) is 10.0. The molecule has 0 bridgehead atoms. The number of halogens is 2. The molecule has 0 saturated heterocycles. The lowest BCUT2D eigenvalue weighted by Crippen LogP contribution is -2.42. The standard InChI is InChI=1S/C16H12F2N2O3/c17-11-6-5-10(12(18)7-11)8-19-20-16(21)15-9-22-13-3-1-2-4-14(13)23-15/h1-8,15H,9H2,(H,20,21)/b19-8+. The summed E-state index contributed by atoms with van der Waals surface area (Å²) < 4.78 is 37.1. The number of nitrogens with zero attached hydrogens (tertiary/aromatic N) is 1. The summed E-state index contributed by atoms with van der Waals surface area (Å²) in [7, 11) is 0. The largest absolute Gasteiger partial charge is 0.485 e. The van der Waals surface area contributed by atoms with Gasteiger partial charge in [0.05, 0.1) is 6.21 Å². The second kappa shape index (κ2) is 6.43. The fourth-order valence-corrected chi connectivity index (χ4v) is 1.99. The average molecular weight is 318 g/mol. The number of carbonyl (C=O) groups excluding carboxylic acids is 1. The molecule has 1 heterocycles. The van der Waals surface area contributed by atoms with Crippen molar-refractivity contribution in [3.8, 4) is 11.5 Å². The number of hydrogen-bond donors (Lipinski definition) is 1. The third kappa shape index (κ3) is 3.45. The Kier molecular flexibility index (Phi) is 4.18. The number of hydrazone groups is 1. The van der Waals surface area contributed by atoms with Gasteiger partial charge in [-0.05, 0) is 24.3 Å². The third-order valence-electron chi connectivity index (χ3n) is 3.14. The van der Waals surface area contributed by atoms with Gasteiger partial charge in [0.25, 0.3) is 5.91 Å². The van der Waals surface area contributed by atoms with E-state index in [1.807, 2.05) is 0 Å². The summed E-state index contributed by atoms with van der Waals surface area (Å²) in [6.07, 6.45) is 0.227. The molecule has 0 radical (unpaired) electrons. The van der Waals surface area contributed by atoms with Gasteiger partial charge in [0.1, 0.15) is 18.2 Å². The maximum atomic E-state index is 13.4. The molecular weight excluding hydrogens is 306 g/mol. The Balaban J connectivity index is 1.61. The lowest BCUT2D eigenvalue weighted by atomic mass is 10.2. The number of nitrogens with one attached hydrogen (secondary N) is 1. The quantitative estimate of drug-likeness (QED) is 0.697. The molecule has 0 aliphatic carbocycles. The number of rotatable bonds is 3. The Morgan fingerprint density at radius 3 is 2.78 bits per heavy atom. The number of carbonyl (C=O) groups is 1. The predicted octanol–water partition coefficient (Wildman–Crippen LogP) is 2.25. The highest BCUT2D eigenvalue weighted by atomic mass is 19.1. The molecule has 1 aliphatic rings. The van der Waals surface area contributed by atoms with Crippen LogP contribution in [0.3, 0.4) is 0 Å². The van der Waals surface area contributed by atoms with E-state index < -0.39 is 23.6 Å². The van der Waals surface area contributed by atoms with Crippen LogP contribution >= 0.6 is 0 Å². The highest BCUT2D eigenvalue weighted by molar-refractivity contribution is 5.85. The fraction of sp³-hybridized carbons (Fsp3) is 0.125. The molecule has 1 unspecified atom stereocenters. The second-order valence-electron chi connectivity index (χ2n) is 4.76. The van der Waals surface area contributed by atoms with Crippen LogP contribution in [0.4, 0.5) is 8.78 Å². The highest BCUT2D eigenvalue weighted by Gasteiger charge is 2.26. The van der Waals surface area contributed by atoms with E-state index in [1.165, 1.54) is 6.07 Å². The zero-order chi connectivity index (χ0) is 16.2. The molecule has 3 rings (SSSR count). The van der Waals surface area contributed by atoms with Gasteiger partial charge in [-0.2, -0.15) is 5.10 Å². The zero-order valence-corrected chi connectivity index (χ0v) is 11.8. The van der Waals surface area contributed by atoms with Gasteiger partial charge in [-0.3, -0.25) is 4.79 Å². The predicted molar refractivity (Wildman–Crippen MR) is 78.4 cm³/mol. The molecule has 5 nitrogen and oxygen atoms in total. The number of para-hydroxylation sites is 2. The van der Waals surface area contributed by atoms with Gasteiger partial charge in [-0.25, -0.2) is 14.2 Å². The van der Waals surface area contributed by atoms with Crippen molar-refractivity contribution in [3.63, 3.8) is 0 Å². The third-order valence-corrected chi connectivity index (χ3v) is 3.14. The monoisotopic (exact) mass is 318 g/mol. The van der Waals surface area contributed by atoms with Crippen molar-refractivity contribution in [3.05, 3.63) is 59.7 Å². The van der Waals surface area contributed by atoms with Gasteiger partial charge in [0.2, 0.25) is 6.10 Å². The van der Waals surface area contributed by atoms with Crippen molar-refractivity contribution in [2.24, 2.45) is 5.10 Å². The van der Waals surface area contributed by atoms with Crippen LogP contribution in [0.1, 0.15) is 5.56 Å². The molecule has 7 heteroatoms. The first-order valence-corrected chi connectivity index (χ1v) is 6.80. The number of amides is 1. The minimum Gasteiger partial charge on any atom is -0.485 e. The molecule has 1 N–H and O–H groups in total. The molecule has 2 aromatic rings. The molecule has 23 heavy (non-hydrogen) atoms. The van der Waals surface area contributed by atoms with Crippen LogP contribution in [-0.4, -0.2) is 24.8 Å². The van der Waals surface area contributed by atoms with E-state index in [4.69, 9.17) is 9.47 Å². The van der Waals surface area contributed by atoms with Crippen molar-refractivity contribution < 1.29 is 23.0 Å². The Morgan fingerprint density at radius 2 is 2.00 bits per heavy atom. The van der Waals surface area contributed by atoms with Crippen molar-refractivity contribution in [2.45, 2.75) is 6.10 Å². The summed E-state index contributed by atoms with van der Waals surface area (Å²) in [4.78, 5) is 12.0. The van der Waals surface area contributed by atoms with E-state index in [0.29, 0.717) is 11.5 Å². The minimum atomic E-state index is -0.861. The molecule has 1 aliphatic heterocycles. The first-order valence-electron chi connectivity index (χ1n) is 6.80. The molecule has 0 aromatic heterocycles. The number of benzene rings is 2. The summed E-state index contributed by atoms with van der Waals surface area (Å²) in [5, 5.41) is 3.64. The van der Waals surface area contributed by atoms with E-state index in [9.17, 15) is 13.6 Å². The number of hydrogen-bond acceptors (Lipinski definition) is 4. The van der Waals surface area contributed by atoms with E-state index >= 15 is 0 Å². The normalized spacial score (nSPS) is 16.3. The summed E-state index contributed by atoms with van der Waals surface area (Å²) in [6.45, 7) is 0.0449. The molecule has 0 spiro atoms. The fourth-order valence-electron chi connectivity index (χ4n) is 1.99. The first-order chi connectivity index (χ1) is 11.1. The minimum absolute atomic E-state index is 0.0449. The smallest absolute Gasteiger partial charge is 0.284 e. The summed E-state index contributed by atoms with van der Waals surface area (Å²) in [5.74, 6) is -0.955. The van der Waals surface area contributed by atoms with Crippen molar-refractivity contribution in [1.29, 1.82) is 0 Å². The maximum Gasteiger partial charge on any atom is 0.284 e. The summed E-state index contributed by atoms with van der Waals surface area (Å²) >= 11 is 0. The van der Waals surface area contributed by atoms with Crippen LogP contribution in [0, 0.1) is 11.6 Å². The van der Waals surface area contributed by atoms with Crippen molar-refractivity contribution in [1.82, 2.24) is 5.43 Å². The van der Waals surface area contributed by atoms with Crippen LogP contribution in [-0.2, 0) is 4.79 Å². The zero-order valence-electron chi connectivity index (χ0n) is 11.8. The van der Waals surface area contributed by atoms with E-state index in [1.54, 1.807) is 24.3 Å². The van der Waals surface area contributed by atoms with Crippen LogP contribution in [0.25, 0.3) is 0 Å². The van der Waals surface area contributed by atoms with E-state index in [-0.39, 0.29) is 12.2 Å². The van der Waals surface area contributed by atoms with Gasteiger partial charge in [0.15, 0.2) is 11.5 Å². The Hall–Kier alpha value is -2.96. The number of fused-ring (bicyclic) bond motifs is 1. The van der Waals surface area contributed by atoms with Crippen LogP contribution < -0.4 is 14.9 Å². The molecule has 2 aromatic carbocycles. The van der Waals surface area contributed by atoms with Gasteiger partial charge < -0.3 is 9.47 Å². The second-order valence-corrected chi connectivity index (χ2v) is 4.76. The summed E-state index contributed by atoms with van der Waals surface area (Å²) in [5.41, 5.74) is 2.29. The number of ether oxygens (including phenoxy) is 2. The topological polar surface area (TPSA) is 59.9 Å². The molecule has 1 atom stereocenters. The SMILES string of the molecule is O=C(N/N=C/c1ccc(F)cc1F)C1COc2ccccc2O1. The maximum absolute atomic E-state index is 13.4. The molecule has 118 valence electrons. The van der Waals surface area contributed by atoms with Crippen LogP contribution in [0.5, 0.6) is 11.5 Å². The molecule has 0 fully saturated rings. The Bertz CT molecular complexity index is 765. The highest BCUT2D eigenvalue weighted by Crippen LogP contribution is 2.30. The van der Waals surface area contributed by atoms with Gasteiger partial charge in [-0.15, -0.1) is 0 Å². The van der Waals surface area contributed by atoms with E-state index in [2.05, 4.69) is 10.5 Å². The van der Waals surface area contributed by atoms with Gasteiger partial charge >= 0.3 is 0 Å². The van der Waals surface area contributed by atoms with Gasteiger partial charge in [0, 0.05) is 11.6 Å².